The molecular formula is C24H16Br4P+. The van der Waals surface area contributed by atoms with Crippen molar-refractivity contribution >= 4 is 92.2 Å². The molecule has 0 aromatic heterocycles. The minimum atomic E-state index is -2.07. The first-order valence-corrected chi connectivity index (χ1v) is 13.9. The fraction of sp³-hybridized carbons (Fsp3) is 0. The molecule has 5 heteroatoms. The van der Waals surface area contributed by atoms with Gasteiger partial charge in [0.15, 0.2) is 0 Å². The zero-order valence-electron chi connectivity index (χ0n) is 15.2. The van der Waals surface area contributed by atoms with E-state index < -0.39 is 7.26 Å². The average Bonchev–Trinajstić information content (AvgIpc) is 2.73. The molecule has 0 radical (unpaired) electrons. The zero-order chi connectivity index (χ0) is 20.4. The molecule has 0 atom stereocenters. The van der Waals surface area contributed by atoms with E-state index in [1.165, 1.54) is 21.2 Å². The van der Waals surface area contributed by atoms with Gasteiger partial charge < -0.3 is 0 Å². The maximum atomic E-state index is 3.60. The van der Waals surface area contributed by atoms with Gasteiger partial charge in [-0.05, 0) is 97.1 Å². The average molecular weight is 655 g/mol. The molecule has 0 fully saturated rings. The topological polar surface area (TPSA) is 0 Å². The molecule has 144 valence electrons. The molecule has 0 bridgehead atoms. The van der Waals surface area contributed by atoms with E-state index in [0.717, 1.165) is 17.9 Å². The summed E-state index contributed by atoms with van der Waals surface area (Å²) >= 11 is 14.4. The quantitative estimate of drug-likeness (QED) is 0.202. The third-order valence-corrected chi connectivity index (χ3v) is 11.3. The second kappa shape index (κ2) is 9.16. The molecule has 0 N–H and O–H groups in total. The van der Waals surface area contributed by atoms with Gasteiger partial charge in [-0.1, -0.05) is 63.7 Å². The molecule has 0 amide bonds. The van der Waals surface area contributed by atoms with E-state index in [1.54, 1.807) is 0 Å². The highest BCUT2D eigenvalue weighted by atomic mass is 79.9. The number of benzene rings is 4. The van der Waals surface area contributed by atoms with E-state index in [2.05, 4.69) is 161 Å². The fourth-order valence-electron chi connectivity index (χ4n) is 3.55. The minimum Gasteiger partial charge on any atom is -0.0508 e. The summed E-state index contributed by atoms with van der Waals surface area (Å²) in [5.41, 5.74) is 0. The largest absolute Gasteiger partial charge is 0.144 e. The van der Waals surface area contributed by atoms with Crippen LogP contribution in [0.3, 0.4) is 0 Å². The molecule has 0 saturated heterocycles. The van der Waals surface area contributed by atoms with Gasteiger partial charge in [0, 0.05) is 17.9 Å². The molecule has 0 nitrogen and oxygen atoms in total. The van der Waals surface area contributed by atoms with Gasteiger partial charge in [-0.3, -0.25) is 0 Å². The highest BCUT2D eigenvalue weighted by Crippen LogP contribution is 2.54. The third-order valence-electron chi connectivity index (χ3n) is 4.86. The van der Waals surface area contributed by atoms with E-state index in [1.807, 2.05) is 0 Å². The molecule has 0 aliphatic carbocycles. The summed E-state index contributed by atoms with van der Waals surface area (Å²) in [4.78, 5) is 0. The Morgan fingerprint density at radius 2 is 0.483 bits per heavy atom. The van der Waals surface area contributed by atoms with Crippen molar-refractivity contribution in [2.45, 2.75) is 0 Å². The second-order valence-corrected chi connectivity index (χ2v) is 13.6. The van der Waals surface area contributed by atoms with Crippen LogP contribution in [-0.2, 0) is 0 Å². The maximum absolute atomic E-state index is 3.60. The first-order chi connectivity index (χ1) is 14.0. The molecule has 4 rings (SSSR count). The molecule has 0 heterocycles. The van der Waals surface area contributed by atoms with Gasteiger partial charge in [-0.15, -0.1) is 0 Å². The van der Waals surface area contributed by atoms with Crippen molar-refractivity contribution in [3.05, 3.63) is 115 Å². The summed E-state index contributed by atoms with van der Waals surface area (Å²) < 4.78 is 4.34. The lowest BCUT2D eigenvalue weighted by Crippen LogP contribution is -2.38. The highest BCUT2D eigenvalue weighted by molar-refractivity contribution is 9.11. The summed E-state index contributed by atoms with van der Waals surface area (Å²) in [6.07, 6.45) is 0. The first-order valence-electron chi connectivity index (χ1n) is 8.94. The molecule has 0 aliphatic heterocycles. The van der Waals surface area contributed by atoms with Gasteiger partial charge in [-0.25, -0.2) is 0 Å². The Bertz CT molecular complexity index is 916. The molecule has 4 aromatic carbocycles. The summed E-state index contributed by atoms with van der Waals surface area (Å²) in [5.74, 6) is 0. The van der Waals surface area contributed by atoms with Gasteiger partial charge in [-0.2, -0.15) is 0 Å². The van der Waals surface area contributed by atoms with Crippen molar-refractivity contribution in [2.24, 2.45) is 0 Å². The van der Waals surface area contributed by atoms with Crippen LogP contribution in [0.15, 0.2) is 115 Å². The number of halogens is 4. The van der Waals surface area contributed by atoms with Gasteiger partial charge in [0.2, 0.25) is 0 Å². The van der Waals surface area contributed by atoms with Crippen molar-refractivity contribution in [1.29, 1.82) is 0 Å². The number of rotatable bonds is 4. The Balaban J connectivity index is 2.11. The van der Waals surface area contributed by atoms with E-state index in [4.69, 9.17) is 0 Å². The SMILES string of the molecule is Brc1ccc([P+](c2ccc(Br)cc2)(c2ccc(Br)cc2)c2ccc(Br)cc2)cc1. The minimum absolute atomic E-state index is 1.08. The van der Waals surface area contributed by atoms with E-state index >= 15 is 0 Å². The zero-order valence-corrected chi connectivity index (χ0v) is 22.4. The second-order valence-electron chi connectivity index (χ2n) is 6.58. The van der Waals surface area contributed by atoms with Crippen LogP contribution in [0.25, 0.3) is 0 Å². The van der Waals surface area contributed by atoms with Gasteiger partial charge in [0.05, 0.1) is 0 Å². The number of hydrogen-bond acceptors (Lipinski definition) is 0. The summed E-state index contributed by atoms with van der Waals surface area (Å²) in [7, 11) is -2.07. The maximum Gasteiger partial charge on any atom is 0.144 e. The highest BCUT2D eigenvalue weighted by Gasteiger charge is 2.47. The van der Waals surface area contributed by atoms with Crippen LogP contribution in [0.4, 0.5) is 0 Å². The predicted octanol–water partition coefficient (Wildman–Crippen LogP) is 7.36. The number of hydrogen-bond donors (Lipinski definition) is 0. The smallest absolute Gasteiger partial charge is 0.0508 e. The monoisotopic (exact) mass is 651 g/mol. The fourth-order valence-corrected chi connectivity index (χ4v) is 8.78. The lowest BCUT2D eigenvalue weighted by Gasteiger charge is -2.27. The van der Waals surface area contributed by atoms with Crippen molar-refractivity contribution in [3.63, 3.8) is 0 Å². The summed E-state index contributed by atoms with van der Waals surface area (Å²) in [5, 5.41) is 5.31. The van der Waals surface area contributed by atoms with Crippen LogP contribution in [0, 0.1) is 0 Å². The summed E-state index contributed by atoms with van der Waals surface area (Å²) in [6, 6.07) is 35.1. The Hall–Kier alpha value is -0.770. The van der Waals surface area contributed by atoms with Crippen LogP contribution in [-0.4, -0.2) is 0 Å². The van der Waals surface area contributed by atoms with Crippen LogP contribution < -0.4 is 21.2 Å². The Morgan fingerprint density at radius 1 is 0.310 bits per heavy atom. The van der Waals surface area contributed by atoms with Crippen molar-refractivity contribution < 1.29 is 0 Å². The Labute approximate surface area is 205 Å². The Morgan fingerprint density at radius 3 is 0.655 bits per heavy atom. The lowest BCUT2D eigenvalue weighted by atomic mass is 10.3. The molecule has 0 spiro atoms. The van der Waals surface area contributed by atoms with Crippen LogP contribution in [0.2, 0.25) is 0 Å². The van der Waals surface area contributed by atoms with E-state index in [-0.39, 0.29) is 0 Å². The third kappa shape index (κ3) is 4.34. The lowest BCUT2D eigenvalue weighted by molar-refractivity contribution is 1.65. The Kier molecular flexibility index (Phi) is 6.78. The van der Waals surface area contributed by atoms with Crippen LogP contribution in [0.5, 0.6) is 0 Å². The van der Waals surface area contributed by atoms with Gasteiger partial charge in [0.25, 0.3) is 0 Å². The van der Waals surface area contributed by atoms with E-state index in [9.17, 15) is 0 Å². The standard InChI is InChI=1S/C24H16Br4P/c25-17-1-9-21(10-2-17)29(22-11-3-18(26)4-12-22,23-13-5-19(27)6-14-23)24-15-7-20(28)8-16-24/h1-16H/q+1. The molecule has 4 aromatic rings. The van der Waals surface area contributed by atoms with Gasteiger partial charge >= 0.3 is 0 Å². The van der Waals surface area contributed by atoms with E-state index in [0.29, 0.717) is 0 Å². The predicted molar refractivity (Wildman–Crippen MR) is 142 cm³/mol. The molecular weight excluding hydrogens is 639 g/mol. The summed E-state index contributed by atoms with van der Waals surface area (Å²) in [6.45, 7) is 0. The van der Waals surface area contributed by atoms with Crippen molar-refractivity contribution in [3.8, 4) is 0 Å². The molecule has 0 aliphatic rings. The molecule has 0 saturated carbocycles. The normalized spacial score (nSPS) is 11.4. The van der Waals surface area contributed by atoms with Crippen molar-refractivity contribution in [1.82, 2.24) is 0 Å². The van der Waals surface area contributed by atoms with Crippen LogP contribution in [0.1, 0.15) is 0 Å². The van der Waals surface area contributed by atoms with Crippen LogP contribution >= 0.6 is 71.0 Å². The molecule has 29 heavy (non-hydrogen) atoms. The molecule has 0 unspecified atom stereocenters. The van der Waals surface area contributed by atoms with Crippen molar-refractivity contribution in [2.75, 3.05) is 0 Å². The first kappa shape index (κ1) is 21.5. The van der Waals surface area contributed by atoms with Gasteiger partial charge in [0.1, 0.15) is 28.5 Å².